The number of aromatic nitrogens is 5. The number of benzene rings is 1. The highest BCUT2D eigenvalue weighted by Gasteiger charge is 2.08. The van der Waals surface area contributed by atoms with Gasteiger partial charge < -0.3 is 5.32 Å². The van der Waals surface area contributed by atoms with Gasteiger partial charge in [0, 0.05) is 18.1 Å². The second-order valence-electron chi connectivity index (χ2n) is 4.62. The summed E-state index contributed by atoms with van der Waals surface area (Å²) in [5.74, 6) is 0.752. The van der Waals surface area contributed by atoms with Gasteiger partial charge in [-0.1, -0.05) is 12.1 Å². The predicted molar refractivity (Wildman–Crippen MR) is 81.2 cm³/mol. The Kier molecular flexibility index (Phi) is 3.53. The Labute approximate surface area is 126 Å². The van der Waals surface area contributed by atoms with Crippen LogP contribution in [0.15, 0.2) is 36.7 Å². The third-order valence-corrected chi connectivity index (χ3v) is 3.11. The van der Waals surface area contributed by atoms with E-state index in [2.05, 4.69) is 31.4 Å². The van der Waals surface area contributed by atoms with Crippen molar-refractivity contribution in [3.63, 3.8) is 0 Å². The molecule has 2 heterocycles. The number of nitrogens with zero attached hydrogens (tertiary/aromatic N) is 5. The fraction of sp³-hybridized carbons (Fsp3) is 0.143. The van der Waals surface area contributed by atoms with Crippen LogP contribution in [-0.2, 0) is 0 Å². The molecule has 0 saturated heterocycles. The van der Waals surface area contributed by atoms with Gasteiger partial charge in [0.15, 0.2) is 0 Å². The van der Waals surface area contributed by atoms with Crippen molar-refractivity contribution < 1.29 is 0 Å². The maximum atomic E-state index is 5.96. The first-order chi connectivity index (χ1) is 10.1. The maximum absolute atomic E-state index is 5.96. The van der Waals surface area contributed by atoms with E-state index in [0.29, 0.717) is 11.9 Å². The number of hydrogen-bond acceptors (Lipinski definition) is 5. The molecule has 1 N–H and O–H groups in total. The summed E-state index contributed by atoms with van der Waals surface area (Å²) in [6, 6.07) is 7.90. The average Bonchev–Trinajstić information content (AvgIpc) is 2.96. The third-order valence-electron chi connectivity index (χ3n) is 2.95. The molecule has 0 unspecified atom stereocenters. The lowest BCUT2D eigenvalue weighted by atomic mass is 10.1. The van der Waals surface area contributed by atoms with Crippen LogP contribution in [0, 0.1) is 13.8 Å². The lowest BCUT2D eigenvalue weighted by molar-refractivity contribution is 0.798. The summed E-state index contributed by atoms with van der Waals surface area (Å²) in [5.41, 5.74) is 3.18. The van der Waals surface area contributed by atoms with Crippen LogP contribution in [0.5, 0.6) is 0 Å². The van der Waals surface area contributed by atoms with Crippen LogP contribution in [0.3, 0.4) is 0 Å². The molecule has 0 bridgehead atoms. The molecule has 1 aromatic carbocycles. The molecule has 0 amide bonds. The Morgan fingerprint density at radius 1 is 1.14 bits per heavy atom. The van der Waals surface area contributed by atoms with E-state index in [9.17, 15) is 0 Å². The number of halogens is 1. The van der Waals surface area contributed by atoms with Crippen LogP contribution in [-0.4, -0.2) is 24.7 Å². The third kappa shape index (κ3) is 3.00. The highest BCUT2D eigenvalue weighted by Crippen LogP contribution is 2.20. The molecule has 0 atom stereocenters. The average molecular weight is 301 g/mol. The van der Waals surface area contributed by atoms with Crippen molar-refractivity contribution in [2.75, 3.05) is 5.32 Å². The van der Waals surface area contributed by atoms with Crippen molar-refractivity contribution in [2.24, 2.45) is 0 Å². The summed E-state index contributed by atoms with van der Waals surface area (Å²) < 4.78 is 1.53. The van der Waals surface area contributed by atoms with Gasteiger partial charge in [-0.3, -0.25) is 0 Å². The largest absolute Gasteiger partial charge is 0.324 e. The maximum Gasteiger partial charge on any atom is 0.256 e. The van der Waals surface area contributed by atoms with Gasteiger partial charge in [-0.15, -0.1) is 0 Å². The van der Waals surface area contributed by atoms with Gasteiger partial charge in [0.25, 0.3) is 5.95 Å². The molecule has 0 aliphatic rings. The SMILES string of the molecule is Cc1ccc(C)c(Nc2nc(Cl)nc(-n3cccn3)n2)c1. The Balaban J connectivity index is 1.97. The van der Waals surface area contributed by atoms with E-state index in [4.69, 9.17) is 11.6 Å². The molecule has 0 aliphatic heterocycles. The van der Waals surface area contributed by atoms with Gasteiger partial charge >= 0.3 is 0 Å². The van der Waals surface area contributed by atoms with Crippen molar-refractivity contribution in [1.82, 2.24) is 24.7 Å². The summed E-state index contributed by atoms with van der Waals surface area (Å²) in [4.78, 5) is 12.5. The molecule has 2 aromatic heterocycles. The second-order valence-corrected chi connectivity index (χ2v) is 4.96. The van der Waals surface area contributed by atoms with E-state index < -0.39 is 0 Å². The number of anilines is 2. The molecule has 3 rings (SSSR count). The highest BCUT2D eigenvalue weighted by molar-refractivity contribution is 6.28. The molecule has 21 heavy (non-hydrogen) atoms. The van der Waals surface area contributed by atoms with Gasteiger partial charge in [0.1, 0.15) is 0 Å². The van der Waals surface area contributed by atoms with E-state index in [1.807, 2.05) is 26.0 Å². The van der Waals surface area contributed by atoms with Gasteiger partial charge in [0.2, 0.25) is 11.2 Å². The molecule has 0 radical (unpaired) electrons. The Hall–Kier alpha value is -2.47. The van der Waals surface area contributed by atoms with Gasteiger partial charge in [-0.25, -0.2) is 4.68 Å². The summed E-state index contributed by atoms with van der Waals surface area (Å²) in [6.07, 6.45) is 3.39. The zero-order chi connectivity index (χ0) is 14.8. The van der Waals surface area contributed by atoms with Crippen LogP contribution in [0.1, 0.15) is 11.1 Å². The van der Waals surface area contributed by atoms with Crippen molar-refractivity contribution in [2.45, 2.75) is 13.8 Å². The van der Waals surface area contributed by atoms with Crippen LogP contribution in [0.2, 0.25) is 5.28 Å². The number of hydrogen-bond donors (Lipinski definition) is 1. The normalized spacial score (nSPS) is 10.6. The fourth-order valence-electron chi connectivity index (χ4n) is 1.88. The predicted octanol–water partition coefficient (Wildman–Crippen LogP) is 3.07. The molecular weight excluding hydrogens is 288 g/mol. The van der Waals surface area contributed by atoms with E-state index in [-0.39, 0.29) is 5.28 Å². The summed E-state index contributed by atoms with van der Waals surface area (Å²) >= 11 is 5.96. The molecule has 0 spiro atoms. The highest BCUT2D eigenvalue weighted by atomic mass is 35.5. The number of rotatable bonds is 3. The first kappa shape index (κ1) is 13.5. The van der Waals surface area contributed by atoms with E-state index >= 15 is 0 Å². The lowest BCUT2D eigenvalue weighted by Crippen LogP contribution is -2.07. The summed E-state index contributed by atoms with van der Waals surface area (Å²) in [6.45, 7) is 4.04. The van der Waals surface area contributed by atoms with Crippen LogP contribution in [0.4, 0.5) is 11.6 Å². The molecular formula is C14H13ClN6. The molecule has 106 valence electrons. The zero-order valence-electron chi connectivity index (χ0n) is 11.6. The van der Waals surface area contributed by atoms with Crippen molar-refractivity contribution in [3.05, 3.63) is 53.1 Å². The fourth-order valence-corrected chi connectivity index (χ4v) is 2.03. The van der Waals surface area contributed by atoms with Gasteiger partial charge in [0.05, 0.1) is 0 Å². The van der Waals surface area contributed by atoms with E-state index in [0.717, 1.165) is 16.8 Å². The topological polar surface area (TPSA) is 68.5 Å². The molecule has 0 saturated carbocycles. The molecule has 7 heteroatoms. The van der Waals surface area contributed by atoms with E-state index in [1.165, 1.54) is 4.68 Å². The van der Waals surface area contributed by atoms with Gasteiger partial charge in [-0.2, -0.15) is 20.1 Å². The van der Waals surface area contributed by atoms with Crippen LogP contribution < -0.4 is 5.32 Å². The lowest BCUT2D eigenvalue weighted by Gasteiger charge is -2.10. The minimum atomic E-state index is 0.114. The molecule has 6 nitrogen and oxygen atoms in total. The van der Waals surface area contributed by atoms with Crippen LogP contribution in [0.25, 0.3) is 5.95 Å². The summed E-state index contributed by atoms with van der Waals surface area (Å²) in [5, 5.41) is 7.37. The van der Waals surface area contributed by atoms with Crippen LogP contribution >= 0.6 is 11.6 Å². The van der Waals surface area contributed by atoms with Crippen molar-refractivity contribution in [1.29, 1.82) is 0 Å². The van der Waals surface area contributed by atoms with Crippen molar-refractivity contribution in [3.8, 4) is 5.95 Å². The smallest absolute Gasteiger partial charge is 0.256 e. The van der Waals surface area contributed by atoms with Crippen molar-refractivity contribution >= 4 is 23.2 Å². The Morgan fingerprint density at radius 3 is 2.76 bits per heavy atom. The Bertz CT molecular complexity index is 769. The van der Waals surface area contributed by atoms with E-state index in [1.54, 1.807) is 18.5 Å². The monoisotopic (exact) mass is 300 g/mol. The minimum absolute atomic E-state index is 0.114. The second kappa shape index (κ2) is 5.49. The zero-order valence-corrected chi connectivity index (χ0v) is 12.3. The minimum Gasteiger partial charge on any atom is -0.324 e. The Morgan fingerprint density at radius 2 is 2.00 bits per heavy atom. The van der Waals surface area contributed by atoms with Gasteiger partial charge in [-0.05, 0) is 48.7 Å². The molecule has 0 fully saturated rings. The number of aryl methyl sites for hydroxylation is 2. The first-order valence-electron chi connectivity index (χ1n) is 6.38. The molecule has 3 aromatic rings. The quantitative estimate of drug-likeness (QED) is 0.805. The number of nitrogens with one attached hydrogen (secondary N) is 1. The molecule has 0 aliphatic carbocycles. The summed E-state index contributed by atoms with van der Waals surface area (Å²) in [7, 11) is 0. The standard InChI is InChI=1S/C14H13ClN6/c1-9-4-5-10(2)11(8-9)17-13-18-12(15)19-14(20-13)21-7-3-6-16-21/h3-8H,1-2H3,(H,17,18,19,20). The first-order valence-corrected chi connectivity index (χ1v) is 6.75.